The summed E-state index contributed by atoms with van der Waals surface area (Å²) in [4.78, 5) is 11.8. The van der Waals surface area contributed by atoms with Crippen LogP contribution in [0.1, 0.15) is 5.56 Å². The van der Waals surface area contributed by atoms with Crippen molar-refractivity contribution < 1.29 is 14.3 Å². The van der Waals surface area contributed by atoms with Gasteiger partial charge in [0.15, 0.2) is 0 Å². The Labute approximate surface area is 135 Å². The van der Waals surface area contributed by atoms with Crippen LogP contribution in [0.4, 0.5) is 0 Å². The number of methoxy groups -OCH3 is 1. The molecule has 0 unspecified atom stereocenters. The van der Waals surface area contributed by atoms with E-state index in [-0.39, 0.29) is 12.2 Å². The molecule has 0 atom stereocenters. The average Bonchev–Trinajstić information content (AvgIpc) is 2.61. The van der Waals surface area contributed by atoms with Crippen LogP contribution in [0.15, 0.2) is 60.2 Å². The smallest absolute Gasteiger partial charge is 0.348 e. The zero-order valence-electron chi connectivity index (χ0n) is 12.9. The van der Waals surface area contributed by atoms with Crippen LogP contribution in [0.25, 0.3) is 17.2 Å². The van der Waals surface area contributed by atoms with Gasteiger partial charge in [-0.1, -0.05) is 54.6 Å². The number of nitrogens with zero attached hydrogens (tertiary/aromatic N) is 1. The van der Waals surface area contributed by atoms with Gasteiger partial charge >= 0.3 is 5.97 Å². The molecule has 2 aromatic carbocycles. The van der Waals surface area contributed by atoms with E-state index in [0.717, 1.165) is 16.7 Å². The normalized spacial score (nSPS) is 10.9. The van der Waals surface area contributed by atoms with E-state index in [4.69, 9.17) is 14.7 Å². The van der Waals surface area contributed by atoms with Crippen LogP contribution in [0.5, 0.6) is 0 Å². The summed E-state index contributed by atoms with van der Waals surface area (Å²) in [6.07, 6.45) is 1.52. The molecule has 0 radical (unpaired) electrons. The van der Waals surface area contributed by atoms with Crippen LogP contribution in [-0.4, -0.2) is 26.3 Å². The van der Waals surface area contributed by atoms with Gasteiger partial charge in [-0.05, 0) is 22.8 Å². The lowest BCUT2D eigenvalue weighted by Gasteiger charge is -2.04. The minimum atomic E-state index is -0.642. The molecule has 0 spiro atoms. The minimum Gasteiger partial charge on any atom is -0.459 e. The van der Waals surface area contributed by atoms with E-state index in [1.165, 1.54) is 13.2 Å². The van der Waals surface area contributed by atoms with Crippen molar-refractivity contribution in [3.63, 3.8) is 0 Å². The molecule has 0 N–H and O–H groups in total. The molecule has 4 heteroatoms. The van der Waals surface area contributed by atoms with Gasteiger partial charge < -0.3 is 9.47 Å². The van der Waals surface area contributed by atoms with E-state index < -0.39 is 5.97 Å². The Bertz CT molecular complexity index is 713. The number of nitriles is 1. The number of esters is 1. The highest BCUT2D eigenvalue weighted by Crippen LogP contribution is 2.20. The molecular weight excluding hydrogens is 290 g/mol. The predicted octanol–water partition coefficient (Wildman–Crippen LogP) is 3.45. The SMILES string of the molecule is COCCOC(=O)/C(C#N)=C\c1ccc(-c2ccccc2)cc1. The molecule has 23 heavy (non-hydrogen) atoms. The molecule has 0 bridgehead atoms. The lowest BCUT2D eigenvalue weighted by Crippen LogP contribution is -2.11. The fourth-order valence-corrected chi connectivity index (χ4v) is 2.00. The second-order valence-corrected chi connectivity index (χ2v) is 4.79. The largest absolute Gasteiger partial charge is 0.459 e. The van der Waals surface area contributed by atoms with Crippen molar-refractivity contribution in [2.24, 2.45) is 0 Å². The number of rotatable bonds is 6. The third kappa shape index (κ3) is 4.80. The van der Waals surface area contributed by atoms with Crippen LogP contribution < -0.4 is 0 Å². The molecule has 0 amide bonds. The van der Waals surface area contributed by atoms with Gasteiger partial charge in [-0.25, -0.2) is 4.79 Å². The number of carbonyl (C=O) groups is 1. The van der Waals surface area contributed by atoms with Gasteiger partial charge in [0.1, 0.15) is 18.2 Å². The lowest BCUT2D eigenvalue weighted by atomic mass is 10.0. The van der Waals surface area contributed by atoms with E-state index >= 15 is 0 Å². The second kappa shape index (κ2) is 8.52. The first-order valence-corrected chi connectivity index (χ1v) is 7.18. The number of hydrogen-bond acceptors (Lipinski definition) is 4. The summed E-state index contributed by atoms with van der Waals surface area (Å²) in [5.74, 6) is -0.642. The molecule has 116 valence electrons. The van der Waals surface area contributed by atoms with Gasteiger partial charge in [-0.15, -0.1) is 0 Å². The summed E-state index contributed by atoms with van der Waals surface area (Å²) in [7, 11) is 1.52. The first-order chi connectivity index (χ1) is 11.2. The highest BCUT2D eigenvalue weighted by molar-refractivity contribution is 5.97. The van der Waals surface area contributed by atoms with E-state index in [0.29, 0.717) is 6.61 Å². The second-order valence-electron chi connectivity index (χ2n) is 4.79. The third-order valence-electron chi connectivity index (χ3n) is 3.19. The highest BCUT2D eigenvalue weighted by Gasteiger charge is 2.10. The van der Waals surface area contributed by atoms with Crippen molar-refractivity contribution in [3.05, 3.63) is 65.7 Å². The monoisotopic (exact) mass is 307 g/mol. The van der Waals surface area contributed by atoms with Gasteiger partial charge in [-0.3, -0.25) is 0 Å². The van der Waals surface area contributed by atoms with Crippen molar-refractivity contribution in [2.75, 3.05) is 20.3 Å². The fourth-order valence-electron chi connectivity index (χ4n) is 2.00. The third-order valence-corrected chi connectivity index (χ3v) is 3.19. The Kier molecular flexibility index (Phi) is 6.10. The van der Waals surface area contributed by atoms with Gasteiger partial charge in [0, 0.05) is 7.11 Å². The summed E-state index contributed by atoms with van der Waals surface area (Å²) in [6.45, 7) is 0.428. The first kappa shape index (κ1) is 16.5. The first-order valence-electron chi connectivity index (χ1n) is 7.18. The van der Waals surface area contributed by atoms with Gasteiger partial charge in [0.25, 0.3) is 0 Å². The summed E-state index contributed by atoms with van der Waals surface area (Å²) in [5.41, 5.74) is 2.92. The molecule has 0 saturated carbocycles. The van der Waals surface area contributed by atoms with Gasteiger partial charge in [-0.2, -0.15) is 5.26 Å². The van der Waals surface area contributed by atoms with Crippen LogP contribution in [0.3, 0.4) is 0 Å². The van der Waals surface area contributed by atoms with Crippen LogP contribution in [0, 0.1) is 11.3 Å². The van der Waals surface area contributed by atoms with Crippen LogP contribution in [0.2, 0.25) is 0 Å². The summed E-state index contributed by atoms with van der Waals surface area (Å²) >= 11 is 0. The lowest BCUT2D eigenvalue weighted by molar-refractivity contribution is -0.139. The quantitative estimate of drug-likeness (QED) is 0.355. The highest BCUT2D eigenvalue weighted by atomic mass is 16.6. The standard InChI is InChI=1S/C19H17NO3/c1-22-11-12-23-19(21)18(14-20)13-15-7-9-17(10-8-15)16-5-3-2-4-6-16/h2-10,13H,11-12H2,1H3/b18-13-. The van der Waals surface area contributed by atoms with Crippen LogP contribution in [-0.2, 0) is 14.3 Å². The molecule has 0 aliphatic heterocycles. The van der Waals surface area contributed by atoms with Crippen molar-refractivity contribution in [1.29, 1.82) is 5.26 Å². The molecule has 0 fully saturated rings. The Hall–Kier alpha value is -2.90. The molecule has 2 rings (SSSR count). The molecule has 0 saturated heterocycles. The molecule has 4 nitrogen and oxygen atoms in total. The van der Waals surface area contributed by atoms with E-state index in [2.05, 4.69) is 0 Å². The van der Waals surface area contributed by atoms with Crippen molar-refractivity contribution in [2.45, 2.75) is 0 Å². The molecule has 0 aliphatic carbocycles. The number of benzene rings is 2. The maximum atomic E-state index is 11.8. The predicted molar refractivity (Wildman–Crippen MR) is 88.3 cm³/mol. The number of hydrogen-bond donors (Lipinski definition) is 0. The van der Waals surface area contributed by atoms with Crippen molar-refractivity contribution in [3.8, 4) is 17.2 Å². The Morgan fingerprint density at radius 2 is 1.70 bits per heavy atom. The summed E-state index contributed by atoms with van der Waals surface area (Å²) < 4.78 is 9.75. The summed E-state index contributed by atoms with van der Waals surface area (Å²) in [6, 6.07) is 19.5. The van der Waals surface area contributed by atoms with Gasteiger partial charge in [0.05, 0.1) is 6.61 Å². The molecule has 2 aromatic rings. The minimum absolute atomic E-state index is 0.0337. The molecule has 0 aliphatic rings. The van der Waals surface area contributed by atoms with Gasteiger partial charge in [0.2, 0.25) is 0 Å². The maximum Gasteiger partial charge on any atom is 0.348 e. The van der Waals surface area contributed by atoms with E-state index in [9.17, 15) is 4.79 Å². The zero-order valence-corrected chi connectivity index (χ0v) is 12.9. The topological polar surface area (TPSA) is 59.3 Å². The van der Waals surface area contributed by atoms with E-state index in [1.54, 1.807) is 0 Å². The maximum absolute atomic E-state index is 11.8. The molecule has 0 aromatic heterocycles. The Balaban J connectivity index is 2.11. The molecular formula is C19H17NO3. The fraction of sp³-hybridized carbons (Fsp3) is 0.158. The van der Waals surface area contributed by atoms with Crippen molar-refractivity contribution in [1.82, 2.24) is 0 Å². The van der Waals surface area contributed by atoms with Crippen LogP contribution >= 0.6 is 0 Å². The van der Waals surface area contributed by atoms with Crippen molar-refractivity contribution >= 4 is 12.0 Å². The summed E-state index contributed by atoms with van der Waals surface area (Å²) in [5, 5.41) is 9.10. The Morgan fingerprint density at radius 3 is 2.30 bits per heavy atom. The number of carbonyl (C=O) groups excluding carboxylic acids is 1. The number of ether oxygens (including phenoxy) is 2. The van der Waals surface area contributed by atoms with E-state index in [1.807, 2.05) is 60.7 Å². The average molecular weight is 307 g/mol. The molecule has 0 heterocycles. The zero-order chi connectivity index (χ0) is 16.5. The Morgan fingerprint density at radius 1 is 1.04 bits per heavy atom.